The molecule has 0 bridgehead atoms. The van der Waals surface area contributed by atoms with Gasteiger partial charge in [0.15, 0.2) is 0 Å². The van der Waals surface area contributed by atoms with Gasteiger partial charge in [-0.3, -0.25) is 4.79 Å². The zero-order chi connectivity index (χ0) is 18.3. The first-order valence-corrected chi connectivity index (χ1v) is 9.84. The number of aldehydes is 1. The first-order chi connectivity index (χ1) is 11.9. The van der Waals surface area contributed by atoms with Crippen LogP contribution < -0.4 is 0 Å². The van der Waals surface area contributed by atoms with Crippen molar-refractivity contribution in [3.05, 3.63) is 58.2 Å². The summed E-state index contributed by atoms with van der Waals surface area (Å²) in [7, 11) is 0. The fourth-order valence-corrected chi connectivity index (χ4v) is 4.10. The largest absolute Gasteiger partial charge is 0.299 e. The van der Waals surface area contributed by atoms with Gasteiger partial charge in [-0.1, -0.05) is 55.7 Å². The summed E-state index contributed by atoms with van der Waals surface area (Å²) in [5.74, 6) is 0. The fourth-order valence-electron chi connectivity index (χ4n) is 4.10. The third kappa shape index (κ3) is 5.70. The Morgan fingerprint density at radius 3 is 2.28 bits per heavy atom. The SMILES string of the molecule is CC1=C(/C=C/C(C)=C/C=C2\CCCCC\C2=C\C=O)C(C)(C)CCC1. The first kappa shape index (κ1) is 19.7. The van der Waals surface area contributed by atoms with E-state index in [-0.39, 0.29) is 0 Å². The average molecular weight is 339 g/mol. The van der Waals surface area contributed by atoms with Crippen LogP contribution in [0.1, 0.15) is 79.1 Å². The quantitative estimate of drug-likeness (QED) is 0.233. The minimum absolute atomic E-state index is 0.290. The third-order valence-electron chi connectivity index (χ3n) is 5.68. The van der Waals surface area contributed by atoms with Gasteiger partial charge in [0.25, 0.3) is 0 Å². The maximum absolute atomic E-state index is 10.9. The minimum Gasteiger partial charge on any atom is -0.299 e. The van der Waals surface area contributed by atoms with E-state index in [2.05, 4.69) is 52.0 Å². The Bertz CT molecular complexity index is 635. The Hall–Kier alpha value is -1.63. The molecule has 0 saturated heterocycles. The molecule has 2 aliphatic rings. The Labute approximate surface area is 154 Å². The van der Waals surface area contributed by atoms with E-state index < -0.39 is 0 Å². The van der Waals surface area contributed by atoms with Gasteiger partial charge < -0.3 is 0 Å². The van der Waals surface area contributed by atoms with Gasteiger partial charge in [0, 0.05) is 0 Å². The summed E-state index contributed by atoms with van der Waals surface area (Å²) in [5, 5.41) is 0. The summed E-state index contributed by atoms with van der Waals surface area (Å²) in [6, 6.07) is 0. The molecule has 0 aromatic rings. The highest BCUT2D eigenvalue weighted by Crippen LogP contribution is 2.40. The molecular weight excluding hydrogens is 304 g/mol. The van der Waals surface area contributed by atoms with Crippen molar-refractivity contribution in [3.8, 4) is 0 Å². The normalized spacial score (nSPS) is 25.7. The Balaban J connectivity index is 2.17. The Kier molecular flexibility index (Phi) is 7.23. The summed E-state index contributed by atoms with van der Waals surface area (Å²) in [6.45, 7) is 9.17. The van der Waals surface area contributed by atoms with Crippen LogP contribution in [0.4, 0.5) is 0 Å². The summed E-state index contributed by atoms with van der Waals surface area (Å²) >= 11 is 0. The molecule has 1 nitrogen and oxygen atoms in total. The van der Waals surface area contributed by atoms with Crippen LogP contribution in [0, 0.1) is 5.41 Å². The highest BCUT2D eigenvalue weighted by Gasteiger charge is 2.26. The van der Waals surface area contributed by atoms with Gasteiger partial charge in [-0.25, -0.2) is 0 Å². The van der Waals surface area contributed by atoms with E-state index in [1.165, 1.54) is 60.8 Å². The van der Waals surface area contributed by atoms with Crippen molar-refractivity contribution in [1.29, 1.82) is 0 Å². The molecule has 25 heavy (non-hydrogen) atoms. The van der Waals surface area contributed by atoms with Crippen LogP contribution in [0.5, 0.6) is 0 Å². The number of allylic oxidation sites excluding steroid dienone is 10. The smallest absolute Gasteiger partial charge is 0.143 e. The number of carbonyl (C=O) groups excluding carboxylic acids is 1. The van der Waals surface area contributed by atoms with E-state index in [0.717, 1.165) is 19.1 Å². The van der Waals surface area contributed by atoms with Crippen LogP contribution in [-0.2, 0) is 4.79 Å². The molecule has 2 rings (SSSR count). The standard InChI is InChI=1S/C24H34O/c1-19(13-15-23-20(2)9-8-17-24(23,3)4)12-14-21-10-6-5-7-11-22(21)16-18-25/h12-16,18H,5-11,17H2,1-4H3/b15-13+,19-12+,21-14+,22-16-. The Morgan fingerprint density at radius 2 is 1.64 bits per heavy atom. The highest BCUT2D eigenvalue weighted by atomic mass is 16.1. The van der Waals surface area contributed by atoms with Crippen molar-refractivity contribution in [2.75, 3.05) is 0 Å². The number of hydrogen-bond donors (Lipinski definition) is 0. The van der Waals surface area contributed by atoms with Crippen LogP contribution in [0.3, 0.4) is 0 Å². The molecular formula is C24H34O. The lowest BCUT2D eigenvalue weighted by Gasteiger charge is -2.32. The number of carbonyl (C=O) groups is 1. The van der Waals surface area contributed by atoms with Crippen molar-refractivity contribution >= 4 is 6.29 Å². The third-order valence-corrected chi connectivity index (χ3v) is 5.68. The number of hydrogen-bond acceptors (Lipinski definition) is 1. The first-order valence-electron chi connectivity index (χ1n) is 9.84. The summed E-state index contributed by atoms with van der Waals surface area (Å²) in [5.41, 5.74) is 7.18. The molecule has 1 saturated carbocycles. The number of rotatable bonds is 4. The van der Waals surface area contributed by atoms with E-state index >= 15 is 0 Å². The Morgan fingerprint density at radius 1 is 0.960 bits per heavy atom. The van der Waals surface area contributed by atoms with Gasteiger partial charge >= 0.3 is 0 Å². The van der Waals surface area contributed by atoms with Gasteiger partial charge in [0.2, 0.25) is 0 Å². The molecule has 0 radical (unpaired) electrons. The van der Waals surface area contributed by atoms with Crippen LogP contribution in [0.25, 0.3) is 0 Å². The van der Waals surface area contributed by atoms with E-state index in [0.29, 0.717) is 5.41 Å². The predicted molar refractivity (Wildman–Crippen MR) is 109 cm³/mol. The summed E-state index contributed by atoms with van der Waals surface area (Å²) < 4.78 is 0. The van der Waals surface area contributed by atoms with Crippen LogP contribution in [-0.4, -0.2) is 6.29 Å². The minimum atomic E-state index is 0.290. The molecule has 0 N–H and O–H groups in total. The average Bonchev–Trinajstić information content (AvgIpc) is 2.77. The molecule has 0 atom stereocenters. The fraction of sp³-hybridized carbons (Fsp3) is 0.542. The molecule has 0 unspecified atom stereocenters. The van der Waals surface area contributed by atoms with Gasteiger partial charge in [0.1, 0.15) is 6.29 Å². The highest BCUT2D eigenvalue weighted by molar-refractivity contribution is 5.68. The van der Waals surface area contributed by atoms with Crippen LogP contribution in [0.15, 0.2) is 58.2 Å². The van der Waals surface area contributed by atoms with Gasteiger partial charge in [-0.2, -0.15) is 0 Å². The molecule has 0 amide bonds. The summed E-state index contributed by atoms with van der Waals surface area (Å²) in [6.07, 6.45) is 21.3. The molecule has 2 aliphatic carbocycles. The lowest BCUT2D eigenvalue weighted by Crippen LogP contribution is -2.19. The van der Waals surface area contributed by atoms with Crippen molar-refractivity contribution in [2.45, 2.75) is 79.1 Å². The second-order valence-electron chi connectivity index (χ2n) is 8.26. The van der Waals surface area contributed by atoms with Gasteiger partial charge in [0.05, 0.1) is 0 Å². The summed E-state index contributed by atoms with van der Waals surface area (Å²) in [4.78, 5) is 10.9. The van der Waals surface area contributed by atoms with Gasteiger partial charge in [-0.05, 0) is 87.0 Å². The van der Waals surface area contributed by atoms with Crippen molar-refractivity contribution in [1.82, 2.24) is 0 Å². The lowest BCUT2D eigenvalue weighted by atomic mass is 9.72. The molecule has 0 aromatic heterocycles. The van der Waals surface area contributed by atoms with Gasteiger partial charge in [-0.15, -0.1) is 0 Å². The van der Waals surface area contributed by atoms with E-state index in [4.69, 9.17) is 0 Å². The predicted octanol–water partition coefficient (Wildman–Crippen LogP) is 7.03. The second-order valence-corrected chi connectivity index (χ2v) is 8.26. The maximum atomic E-state index is 10.9. The van der Waals surface area contributed by atoms with Crippen molar-refractivity contribution < 1.29 is 4.79 Å². The molecule has 1 heteroatoms. The van der Waals surface area contributed by atoms with Crippen molar-refractivity contribution in [2.24, 2.45) is 5.41 Å². The zero-order valence-electron chi connectivity index (χ0n) is 16.5. The lowest BCUT2D eigenvalue weighted by molar-refractivity contribution is -0.104. The molecule has 0 heterocycles. The van der Waals surface area contributed by atoms with E-state index in [9.17, 15) is 4.79 Å². The van der Waals surface area contributed by atoms with Crippen LogP contribution >= 0.6 is 0 Å². The molecule has 1 fully saturated rings. The second kappa shape index (κ2) is 9.17. The van der Waals surface area contributed by atoms with E-state index in [1.54, 1.807) is 11.6 Å². The molecule has 0 aliphatic heterocycles. The topological polar surface area (TPSA) is 17.1 Å². The zero-order valence-corrected chi connectivity index (χ0v) is 16.5. The molecule has 136 valence electrons. The van der Waals surface area contributed by atoms with Crippen LogP contribution in [0.2, 0.25) is 0 Å². The molecule has 0 aromatic carbocycles. The van der Waals surface area contributed by atoms with E-state index in [1.807, 2.05) is 0 Å². The van der Waals surface area contributed by atoms with Crippen molar-refractivity contribution in [3.63, 3.8) is 0 Å². The maximum Gasteiger partial charge on any atom is 0.143 e. The molecule has 0 spiro atoms. The monoisotopic (exact) mass is 338 g/mol.